The summed E-state index contributed by atoms with van der Waals surface area (Å²) in [7, 11) is 0. The predicted octanol–water partition coefficient (Wildman–Crippen LogP) is 3.79. The molecule has 0 bridgehead atoms. The van der Waals surface area contributed by atoms with E-state index < -0.39 is 0 Å². The Hall–Kier alpha value is -1.32. The number of carbonyl (C=O) groups is 2. The summed E-state index contributed by atoms with van der Waals surface area (Å²) in [5, 5.41) is 0. The van der Waals surface area contributed by atoms with Crippen LogP contribution in [0.2, 0.25) is 0 Å². The summed E-state index contributed by atoms with van der Waals surface area (Å²) in [6.45, 7) is 6.24. The molecule has 120 valence electrons. The van der Waals surface area contributed by atoms with Gasteiger partial charge in [-0.15, -0.1) is 0 Å². The third-order valence-corrected chi connectivity index (χ3v) is 3.86. The third kappa shape index (κ3) is 5.18. The lowest BCUT2D eigenvalue weighted by Crippen LogP contribution is -2.24. The van der Waals surface area contributed by atoms with Crippen LogP contribution in [0.25, 0.3) is 0 Å². The fourth-order valence-electron chi connectivity index (χ4n) is 2.95. The van der Waals surface area contributed by atoms with E-state index in [1.165, 1.54) is 6.42 Å². The third-order valence-electron chi connectivity index (χ3n) is 3.86. The highest BCUT2D eigenvalue weighted by atomic mass is 16.5. The molecule has 0 amide bonds. The Morgan fingerprint density at radius 3 is 2.00 bits per heavy atom. The van der Waals surface area contributed by atoms with Crippen LogP contribution >= 0.6 is 0 Å². The van der Waals surface area contributed by atoms with Crippen LogP contribution in [0, 0.1) is 5.92 Å². The first-order chi connectivity index (χ1) is 10.2. The van der Waals surface area contributed by atoms with Crippen LogP contribution in [0.5, 0.6) is 0 Å². The maximum atomic E-state index is 12.4. The Kier molecular flexibility index (Phi) is 8.09. The fraction of sp³-hybridized carbons (Fsp3) is 0.765. The predicted molar refractivity (Wildman–Crippen MR) is 81.8 cm³/mol. The van der Waals surface area contributed by atoms with Gasteiger partial charge in [0.1, 0.15) is 0 Å². The summed E-state index contributed by atoms with van der Waals surface area (Å²) in [6, 6.07) is 0. The fourth-order valence-corrected chi connectivity index (χ4v) is 2.95. The Labute approximate surface area is 127 Å². The molecule has 1 aliphatic carbocycles. The van der Waals surface area contributed by atoms with Crippen molar-refractivity contribution in [2.45, 2.75) is 65.7 Å². The van der Waals surface area contributed by atoms with Gasteiger partial charge in [0.05, 0.1) is 18.8 Å². The summed E-state index contributed by atoms with van der Waals surface area (Å²) < 4.78 is 10.4. The molecule has 0 radical (unpaired) electrons. The Balaban J connectivity index is 3.15. The molecule has 1 saturated carbocycles. The van der Waals surface area contributed by atoms with Gasteiger partial charge in [-0.25, -0.2) is 9.59 Å². The van der Waals surface area contributed by atoms with Crippen LogP contribution < -0.4 is 0 Å². The number of carbonyl (C=O) groups excluding carboxylic acids is 2. The average Bonchev–Trinajstić information content (AvgIpc) is 2.48. The number of ether oxygens (including phenoxy) is 2. The number of hydrogen-bond acceptors (Lipinski definition) is 4. The zero-order valence-electron chi connectivity index (χ0n) is 13.6. The second kappa shape index (κ2) is 9.59. The average molecular weight is 296 g/mol. The normalized spacial score (nSPS) is 17.1. The lowest BCUT2D eigenvalue weighted by Gasteiger charge is -2.25. The van der Waals surface area contributed by atoms with E-state index in [9.17, 15) is 9.59 Å². The van der Waals surface area contributed by atoms with E-state index in [4.69, 9.17) is 9.47 Å². The van der Waals surface area contributed by atoms with Crippen molar-refractivity contribution in [3.63, 3.8) is 0 Å². The van der Waals surface area contributed by atoms with Crippen molar-refractivity contribution in [3.05, 3.63) is 11.1 Å². The van der Waals surface area contributed by atoms with Gasteiger partial charge in [0.25, 0.3) is 0 Å². The molecule has 0 aromatic carbocycles. The molecule has 1 aliphatic rings. The molecule has 21 heavy (non-hydrogen) atoms. The SMILES string of the molecule is CCCC(C(=O)OCC)=C(C(=O)OCC)C1CCCCC1. The minimum absolute atomic E-state index is 0.142. The molecular formula is C17H28O4. The highest BCUT2D eigenvalue weighted by molar-refractivity contribution is 6.00. The van der Waals surface area contributed by atoms with E-state index in [0.717, 1.165) is 32.1 Å². The van der Waals surface area contributed by atoms with Crippen molar-refractivity contribution < 1.29 is 19.1 Å². The molecule has 0 spiro atoms. The zero-order valence-corrected chi connectivity index (χ0v) is 13.6. The van der Waals surface area contributed by atoms with Gasteiger partial charge in [-0.05, 0) is 39.0 Å². The number of hydrogen-bond donors (Lipinski definition) is 0. The molecule has 4 nitrogen and oxygen atoms in total. The van der Waals surface area contributed by atoms with Gasteiger partial charge in [0.15, 0.2) is 0 Å². The van der Waals surface area contributed by atoms with Crippen molar-refractivity contribution in [2.75, 3.05) is 13.2 Å². The van der Waals surface area contributed by atoms with Gasteiger partial charge in [-0.2, -0.15) is 0 Å². The first kappa shape index (κ1) is 17.7. The molecule has 0 atom stereocenters. The molecule has 0 aromatic rings. The van der Waals surface area contributed by atoms with Crippen LogP contribution in [0.4, 0.5) is 0 Å². The van der Waals surface area contributed by atoms with Crippen LogP contribution in [0.1, 0.15) is 65.7 Å². The first-order valence-electron chi connectivity index (χ1n) is 8.22. The van der Waals surface area contributed by atoms with E-state index in [1.807, 2.05) is 6.92 Å². The van der Waals surface area contributed by atoms with Gasteiger partial charge < -0.3 is 9.47 Å². The summed E-state index contributed by atoms with van der Waals surface area (Å²) in [4.78, 5) is 24.6. The lowest BCUT2D eigenvalue weighted by molar-refractivity contribution is -0.142. The summed E-state index contributed by atoms with van der Waals surface area (Å²) >= 11 is 0. The van der Waals surface area contributed by atoms with Crippen LogP contribution in [0.15, 0.2) is 11.1 Å². The molecule has 0 saturated heterocycles. The summed E-state index contributed by atoms with van der Waals surface area (Å²) in [6.07, 6.45) is 6.72. The van der Waals surface area contributed by atoms with Gasteiger partial charge in [-0.3, -0.25) is 0 Å². The minimum atomic E-state index is -0.354. The minimum Gasteiger partial charge on any atom is -0.463 e. The second-order valence-electron chi connectivity index (χ2n) is 5.42. The van der Waals surface area contributed by atoms with Gasteiger partial charge in [0.2, 0.25) is 0 Å². The zero-order chi connectivity index (χ0) is 15.7. The van der Waals surface area contributed by atoms with E-state index in [2.05, 4.69) is 0 Å². The maximum Gasteiger partial charge on any atom is 0.334 e. The van der Waals surface area contributed by atoms with Crippen molar-refractivity contribution in [1.82, 2.24) is 0 Å². The Bertz CT molecular complexity index is 378. The van der Waals surface area contributed by atoms with E-state index in [1.54, 1.807) is 13.8 Å². The molecule has 0 aromatic heterocycles. The van der Waals surface area contributed by atoms with E-state index in [-0.39, 0.29) is 17.9 Å². The van der Waals surface area contributed by atoms with Crippen LogP contribution in [0.3, 0.4) is 0 Å². The van der Waals surface area contributed by atoms with Gasteiger partial charge >= 0.3 is 11.9 Å². The first-order valence-corrected chi connectivity index (χ1v) is 8.22. The summed E-state index contributed by atoms with van der Waals surface area (Å²) in [5.41, 5.74) is 1.11. The van der Waals surface area contributed by atoms with Crippen molar-refractivity contribution in [3.8, 4) is 0 Å². The van der Waals surface area contributed by atoms with Crippen molar-refractivity contribution in [1.29, 1.82) is 0 Å². The quantitative estimate of drug-likeness (QED) is 0.530. The van der Waals surface area contributed by atoms with E-state index in [0.29, 0.717) is 30.8 Å². The summed E-state index contributed by atoms with van der Waals surface area (Å²) in [5.74, 6) is -0.544. The molecule has 0 N–H and O–H groups in total. The topological polar surface area (TPSA) is 52.6 Å². The smallest absolute Gasteiger partial charge is 0.334 e. The molecule has 1 fully saturated rings. The maximum absolute atomic E-state index is 12.4. The highest BCUT2D eigenvalue weighted by Crippen LogP contribution is 2.33. The Morgan fingerprint density at radius 1 is 0.905 bits per heavy atom. The Morgan fingerprint density at radius 2 is 1.48 bits per heavy atom. The highest BCUT2D eigenvalue weighted by Gasteiger charge is 2.30. The molecular weight excluding hydrogens is 268 g/mol. The number of rotatable bonds is 7. The largest absolute Gasteiger partial charge is 0.463 e. The van der Waals surface area contributed by atoms with Crippen LogP contribution in [-0.2, 0) is 19.1 Å². The monoisotopic (exact) mass is 296 g/mol. The number of esters is 2. The molecule has 0 heterocycles. The molecule has 1 rings (SSSR count). The van der Waals surface area contributed by atoms with Crippen molar-refractivity contribution in [2.24, 2.45) is 5.92 Å². The molecule has 4 heteroatoms. The molecule has 0 unspecified atom stereocenters. The standard InChI is InChI=1S/C17H28O4/c1-4-10-14(16(18)20-5-2)15(17(19)21-6-3)13-11-8-7-9-12-13/h13H,4-12H2,1-3H3. The van der Waals surface area contributed by atoms with Crippen molar-refractivity contribution >= 4 is 11.9 Å². The molecule has 0 aliphatic heterocycles. The second-order valence-corrected chi connectivity index (χ2v) is 5.42. The van der Waals surface area contributed by atoms with E-state index >= 15 is 0 Å². The van der Waals surface area contributed by atoms with Gasteiger partial charge in [0, 0.05) is 5.57 Å². The van der Waals surface area contributed by atoms with Crippen LogP contribution in [-0.4, -0.2) is 25.2 Å². The van der Waals surface area contributed by atoms with Gasteiger partial charge in [-0.1, -0.05) is 32.6 Å². The lowest BCUT2D eigenvalue weighted by atomic mass is 9.81.